The Morgan fingerprint density at radius 2 is 1.62 bits per heavy atom. The molecule has 0 fully saturated rings. The van der Waals surface area contributed by atoms with E-state index >= 15 is 0 Å². The molecule has 0 amide bonds. The lowest BCUT2D eigenvalue weighted by Crippen LogP contribution is -2.24. The van der Waals surface area contributed by atoms with E-state index in [1.165, 1.54) is 0 Å². The Morgan fingerprint density at radius 3 is 2.24 bits per heavy atom. The summed E-state index contributed by atoms with van der Waals surface area (Å²) in [5, 5.41) is 9.47. The number of hydrogen-bond donors (Lipinski definition) is 0. The van der Waals surface area contributed by atoms with Gasteiger partial charge in [0.1, 0.15) is 11.6 Å². The zero-order valence-electron chi connectivity index (χ0n) is 22.0. The number of nitrogens with zero attached hydrogens (tertiary/aromatic N) is 3. The van der Waals surface area contributed by atoms with Gasteiger partial charge in [0, 0.05) is 18.7 Å². The zero-order valence-corrected chi connectivity index (χ0v) is 22.0. The number of ether oxygens (including phenoxy) is 1. The first-order valence-electron chi connectivity index (χ1n) is 12.9. The molecule has 1 aromatic heterocycles. The van der Waals surface area contributed by atoms with Crippen molar-refractivity contribution in [3.05, 3.63) is 106 Å². The van der Waals surface area contributed by atoms with Crippen molar-refractivity contribution in [3.8, 4) is 34.1 Å². The first-order valence-corrected chi connectivity index (χ1v) is 12.9. The summed E-state index contributed by atoms with van der Waals surface area (Å²) >= 11 is 0. The molecule has 37 heavy (non-hydrogen) atoms. The van der Waals surface area contributed by atoms with Crippen LogP contribution in [0.5, 0.6) is 5.75 Å². The van der Waals surface area contributed by atoms with Crippen LogP contribution in [0.1, 0.15) is 56.8 Å². The predicted octanol–water partition coefficient (Wildman–Crippen LogP) is 6.80. The quantitative estimate of drug-likeness (QED) is 0.258. The minimum absolute atomic E-state index is 0.0871. The van der Waals surface area contributed by atoms with E-state index in [-0.39, 0.29) is 11.7 Å². The number of hydrogen-bond acceptors (Lipinski definition) is 4. The Balaban J connectivity index is 1.74. The first kappa shape index (κ1) is 25.9. The average Bonchev–Trinajstić information content (AvgIpc) is 2.90. The van der Waals surface area contributed by atoms with Crippen LogP contribution < -0.4 is 10.3 Å². The highest BCUT2D eigenvalue weighted by atomic mass is 16.5. The maximum absolute atomic E-state index is 13.2. The Morgan fingerprint density at radius 1 is 0.946 bits per heavy atom. The van der Waals surface area contributed by atoms with Gasteiger partial charge in [0.15, 0.2) is 0 Å². The van der Waals surface area contributed by atoms with Gasteiger partial charge in [-0.1, -0.05) is 68.4 Å². The second-order valence-corrected chi connectivity index (χ2v) is 9.39. The molecule has 0 spiro atoms. The minimum atomic E-state index is -0.183. The lowest BCUT2D eigenvalue weighted by Gasteiger charge is -2.21. The Bertz CT molecular complexity index is 1460. The van der Waals surface area contributed by atoms with Crippen LogP contribution in [0, 0.1) is 11.3 Å². The molecule has 0 radical (unpaired) electrons. The largest absolute Gasteiger partial charge is 0.491 e. The van der Waals surface area contributed by atoms with Gasteiger partial charge in [0.25, 0.3) is 5.56 Å². The fourth-order valence-corrected chi connectivity index (χ4v) is 4.68. The van der Waals surface area contributed by atoms with E-state index in [1.807, 2.05) is 62.4 Å². The van der Waals surface area contributed by atoms with Gasteiger partial charge in [-0.15, -0.1) is 0 Å². The highest BCUT2D eigenvalue weighted by Gasteiger charge is 2.18. The summed E-state index contributed by atoms with van der Waals surface area (Å²) < 4.78 is 7.99. The topological polar surface area (TPSA) is 67.9 Å². The molecule has 0 bridgehead atoms. The van der Waals surface area contributed by atoms with Crippen molar-refractivity contribution in [1.82, 2.24) is 9.55 Å². The van der Waals surface area contributed by atoms with Crippen LogP contribution in [0.4, 0.5) is 0 Å². The maximum atomic E-state index is 13.2. The molecule has 5 nitrogen and oxygen atoms in total. The van der Waals surface area contributed by atoms with Crippen LogP contribution in [0.15, 0.2) is 77.6 Å². The summed E-state index contributed by atoms with van der Waals surface area (Å²) in [5.74, 6) is 1.59. The number of benzene rings is 3. The van der Waals surface area contributed by atoms with Crippen molar-refractivity contribution in [2.75, 3.05) is 0 Å². The third-order valence-corrected chi connectivity index (χ3v) is 6.35. The van der Waals surface area contributed by atoms with Gasteiger partial charge in [0.2, 0.25) is 0 Å². The number of aryl methyl sites for hydroxylation is 1. The van der Waals surface area contributed by atoms with E-state index in [4.69, 9.17) is 4.74 Å². The van der Waals surface area contributed by atoms with Gasteiger partial charge in [-0.3, -0.25) is 4.79 Å². The maximum Gasteiger partial charge on any atom is 0.281 e. The van der Waals surface area contributed by atoms with Gasteiger partial charge in [0.05, 0.1) is 23.3 Å². The predicted molar refractivity (Wildman–Crippen MR) is 149 cm³/mol. The van der Waals surface area contributed by atoms with E-state index in [0.717, 1.165) is 52.4 Å². The molecule has 188 valence electrons. The summed E-state index contributed by atoms with van der Waals surface area (Å²) in [7, 11) is 0. The molecule has 0 unspecified atom stereocenters. The molecule has 0 N–H and O–H groups in total. The highest BCUT2D eigenvalue weighted by Crippen LogP contribution is 2.27. The molecule has 0 aliphatic rings. The van der Waals surface area contributed by atoms with Crippen LogP contribution in [0.2, 0.25) is 0 Å². The Hall–Kier alpha value is -4.17. The van der Waals surface area contributed by atoms with Crippen molar-refractivity contribution in [2.24, 2.45) is 0 Å². The second-order valence-electron chi connectivity index (χ2n) is 9.39. The number of nitriles is 1. The molecule has 4 aromatic rings. The average molecular weight is 492 g/mol. The van der Waals surface area contributed by atoms with Gasteiger partial charge in [-0.25, -0.2) is 0 Å². The molecule has 1 heterocycles. The lowest BCUT2D eigenvalue weighted by atomic mass is 9.99. The monoisotopic (exact) mass is 491 g/mol. The van der Waals surface area contributed by atoms with Crippen molar-refractivity contribution in [3.63, 3.8) is 0 Å². The molecule has 4 rings (SSSR count). The molecule has 0 saturated carbocycles. The van der Waals surface area contributed by atoms with Crippen molar-refractivity contribution in [1.29, 1.82) is 5.26 Å². The molecular formula is C32H33N3O2. The smallest absolute Gasteiger partial charge is 0.281 e. The van der Waals surface area contributed by atoms with Crippen molar-refractivity contribution >= 4 is 0 Å². The molecular weight excluding hydrogens is 458 g/mol. The fourth-order valence-electron chi connectivity index (χ4n) is 4.68. The van der Waals surface area contributed by atoms with Crippen LogP contribution in [0.25, 0.3) is 22.3 Å². The van der Waals surface area contributed by atoms with Crippen LogP contribution in [-0.2, 0) is 19.4 Å². The van der Waals surface area contributed by atoms with Crippen molar-refractivity contribution in [2.45, 2.75) is 59.6 Å². The summed E-state index contributed by atoms with van der Waals surface area (Å²) in [6.45, 7) is 8.79. The molecule has 0 aliphatic heterocycles. The lowest BCUT2D eigenvalue weighted by molar-refractivity contribution is 0.242. The summed E-state index contributed by atoms with van der Waals surface area (Å²) in [5.41, 5.74) is 6.01. The Labute approximate surface area is 219 Å². The third kappa shape index (κ3) is 5.81. The molecule has 5 heteroatoms. The van der Waals surface area contributed by atoms with Gasteiger partial charge in [-0.2, -0.15) is 10.2 Å². The highest BCUT2D eigenvalue weighted by molar-refractivity contribution is 5.70. The molecule has 3 aromatic carbocycles. The van der Waals surface area contributed by atoms with Crippen LogP contribution >= 0.6 is 0 Å². The van der Waals surface area contributed by atoms with Gasteiger partial charge < -0.3 is 9.30 Å². The fraction of sp³-hybridized carbons (Fsp3) is 0.281. The molecule has 0 aliphatic carbocycles. The van der Waals surface area contributed by atoms with Crippen LogP contribution in [0.3, 0.4) is 0 Å². The number of rotatable bonds is 9. The SMILES string of the molecule is CCCc1nc(=O)c(-c2ccc(OC(C)C)cc2)c(CC)n1Cc1ccc(-c2ccccc2C#N)cc1. The van der Waals surface area contributed by atoms with Crippen LogP contribution in [-0.4, -0.2) is 15.7 Å². The molecule has 0 atom stereocenters. The van der Waals surface area contributed by atoms with E-state index in [9.17, 15) is 10.1 Å². The summed E-state index contributed by atoms with van der Waals surface area (Å²) in [4.78, 5) is 17.8. The second kappa shape index (κ2) is 11.7. The third-order valence-electron chi connectivity index (χ3n) is 6.35. The standard InChI is InChI=1S/C32H33N3O2/c1-5-9-30-34-32(36)31(25-16-18-27(19-17-25)37-22(3)4)29(6-2)35(30)21-23-12-14-24(15-13-23)28-11-8-7-10-26(28)20-33/h7-8,10-19,22H,5-6,9,21H2,1-4H3. The van der Waals surface area contributed by atoms with E-state index in [2.05, 4.69) is 53.7 Å². The van der Waals surface area contributed by atoms with E-state index in [1.54, 1.807) is 0 Å². The summed E-state index contributed by atoms with van der Waals surface area (Å²) in [6.07, 6.45) is 2.43. The minimum Gasteiger partial charge on any atom is -0.491 e. The Kier molecular flexibility index (Phi) is 8.20. The molecule has 0 saturated heterocycles. The summed E-state index contributed by atoms with van der Waals surface area (Å²) in [6, 6.07) is 25.9. The first-order chi connectivity index (χ1) is 17.9. The normalized spacial score (nSPS) is 10.9. The van der Waals surface area contributed by atoms with E-state index < -0.39 is 0 Å². The number of aromatic nitrogens is 2. The van der Waals surface area contributed by atoms with Gasteiger partial charge >= 0.3 is 0 Å². The van der Waals surface area contributed by atoms with Crippen molar-refractivity contribution < 1.29 is 4.74 Å². The van der Waals surface area contributed by atoms with Gasteiger partial charge in [-0.05, 0) is 67.1 Å². The zero-order chi connectivity index (χ0) is 26.4. The van der Waals surface area contributed by atoms with E-state index in [0.29, 0.717) is 24.1 Å².